The maximum atomic E-state index is 12.8. The van der Waals surface area contributed by atoms with Crippen molar-refractivity contribution < 1.29 is 9.53 Å². The first kappa shape index (κ1) is 19.7. The van der Waals surface area contributed by atoms with E-state index in [1.165, 1.54) is 0 Å². The molecule has 1 aliphatic heterocycles. The summed E-state index contributed by atoms with van der Waals surface area (Å²) in [7, 11) is 0. The molecule has 32 heavy (non-hydrogen) atoms. The fourth-order valence-corrected chi connectivity index (χ4v) is 3.71. The highest BCUT2D eigenvalue weighted by atomic mass is 16.5. The summed E-state index contributed by atoms with van der Waals surface area (Å²) in [6.45, 7) is 1.59. The second-order valence-electron chi connectivity index (χ2n) is 7.68. The van der Waals surface area contributed by atoms with Gasteiger partial charge in [-0.05, 0) is 42.0 Å². The van der Waals surface area contributed by atoms with Crippen molar-refractivity contribution in [2.45, 2.75) is 12.7 Å². The highest BCUT2D eigenvalue weighted by Crippen LogP contribution is 2.23. The van der Waals surface area contributed by atoms with E-state index in [2.05, 4.69) is 16.2 Å². The minimum absolute atomic E-state index is 0.0158. The van der Waals surface area contributed by atoms with Crippen molar-refractivity contribution in [1.29, 1.82) is 5.26 Å². The number of carbonyl (C=O) groups excluding carboxylic acids is 1. The number of ether oxygens (including phenoxy) is 1. The van der Waals surface area contributed by atoms with Crippen molar-refractivity contribution in [2.24, 2.45) is 0 Å². The second-order valence-corrected chi connectivity index (χ2v) is 7.68. The molecule has 1 aliphatic rings. The molecule has 2 aromatic carbocycles. The first-order valence-electron chi connectivity index (χ1n) is 10.2. The molecule has 0 saturated carbocycles. The van der Waals surface area contributed by atoms with E-state index in [-0.39, 0.29) is 18.0 Å². The van der Waals surface area contributed by atoms with Crippen LogP contribution in [0.3, 0.4) is 0 Å². The van der Waals surface area contributed by atoms with Gasteiger partial charge in [0.2, 0.25) is 5.95 Å². The lowest BCUT2D eigenvalue weighted by Gasteiger charge is -2.39. The molecule has 0 bridgehead atoms. The molecular formula is C24H20N6O2. The standard InChI is InChI=1S/C24H20N6O2/c25-12-16-4-6-17(7-5-16)15-32-20-13-29(14-20)23(31)19-10-8-18(9-11-19)21-2-1-3-22-27-24(26)28-30(21)22/h1-11,20H,13-15H2,(H2,26,28). The van der Waals surface area contributed by atoms with Crippen molar-refractivity contribution >= 4 is 17.5 Å². The van der Waals surface area contributed by atoms with Gasteiger partial charge in [-0.2, -0.15) is 10.2 Å². The molecule has 3 heterocycles. The highest BCUT2D eigenvalue weighted by Gasteiger charge is 2.31. The highest BCUT2D eigenvalue weighted by molar-refractivity contribution is 5.95. The molecule has 0 aliphatic carbocycles. The minimum atomic E-state index is -0.0158. The number of likely N-dealkylation sites (tertiary alicyclic amines) is 1. The molecule has 0 atom stereocenters. The van der Waals surface area contributed by atoms with Crippen LogP contribution in [0.5, 0.6) is 0 Å². The van der Waals surface area contributed by atoms with Gasteiger partial charge in [0.1, 0.15) is 0 Å². The van der Waals surface area contributed by atoms with Crippen molar-refractivity contribution in [3.8, 4) is 17.3 Å². The molecule has 8 heteroatoms. The summed E-state index contributed by atoms with van der Waals surface area (Å²) in [5.74, 6) is 0.205. The summed E-state index contributed by atoms with van der Waals surface area (Å²) in [4.78, 5) is 18.7. The Labute approximate surface area is 184 Å². The van der Waals surface area contributed by atoms with Crippen LogP contribution in [0, 0.1) is 11.3 Å². The predicted molar refractivity (Wildman–Crippen MR) is 118 cm³/mol. The van der Waals surface area contributed by atoms with Crippen molar-refractivity contribution in [1.82, 2.24) is 19.5 Å². The largest absolute Gasteiger partial charge is 0.370 e. The van der Waals surface area contributed by atoms with Gasteiger partial charge in [0.05, 0.1) is 30.0 Å². The van der Waals surface area contributed by atoms with E-state index in [1.54, 1.807) is 21.5 Å². The summed E-state index contributed by atoms with van der Waals surface area (Å²) < 4.78 is 7.56. The lowest BCUT2D eigenvalue weighted by molar-refractivity contribution is -0.0503. The molecule has 8 nitrogen and oxygen atoms in total. The third-order valence-electron chi connectivity index (χ3n) is 5.51. The smallest absolute Gasteiger partial charge is 0.254 e. The number of nitrogens with two attached hydrogens (primary N) is 1. The number of aromatic nitrogens is 3. The van der Waals surface area contributed by atoms with Crippen LogP contribution in [0.15, 0.2) is 66.7 Å². The number of fused-ring (bicyclic) bond motifs is 1. The topological polar surface area (TPSA) is 110 Å². The zero-order chi connectivity index (χ0) is 22.1. The third kappa shape index (κ3) is 3.77. The Hall–Kier alpha value is -4.22. The molecular weight excluding hydrogens is 404 g/mol. The van der Waals surface area contributed by atoms with Crippen LogP contribution in [0.4, 0.5) is 5.95 Å². The Morgan fingerprint density at radius 1 is 1.09 bits per heavy atom. The number of carbonyl (C=O) groups is 1. The van der Waals surface area contributed by atoms with Gasteiger partial charge in [-0.3, -0.25) is 4.79 Å². The average Bonchev–Trinajstić information content (AvgIpc) is 3.18. The molecule has 0 spiro atoms. The van der Waals surface area contributed by atoms with Crippen molar-refractivity contribution in [3.63, 3.8) is 0 Å². The maximum absolute atomic E-state index is 12.8. The van der Waals surface area contributed by atoms with Gasteiger partial charge in [0, 0.05) is 24.2 Å². The SMILES string of the molecule is N#Cc1ccc(COC2CN(C(=O)c3ccc(-c4cccc5nc(N)nn45)cc3)C2)cc1. The van der Waals surface area contributed by atoms with Gasteiger partial charge < -0.3 is 15.4 Å². The third-order valence-corrected chi connectivity index (χ3v) is 5.51. The Morgan fingerprint density at radius 3 is 2.56 bits per heavy atom. The zero-order valence-electron chi connectivity index (χ0n) is 17.2. The molecule has 4 aromatic rings. The van der Waals surface area contributed by atoms with E-state index in [0.29, 0.717) is 36.5 Å². The van der Waals surface area contributed by atoms with Crippen LogP contribution in [0.25, 0.3) is 16.9 Å². The van der Waals surface area contributed by atoms with E-state index in [9.17, 15) is 4.79 Å². The molecule has 0 unspecified atom stereocenters. The number of nitriles is 1. The number of hydrogen-bond donors (Lipinski definition) is 1. The van der Waals surface area contributed by atoms with Gasteiger partial charge in [-0.25, -0.2) is 4.52 Å². The summed E-state index contributed by atoms with van der Waals surface area (Å²) in [5, 5.41) is 13.1. The van der Waals surface area contributed by atoms with Crippen LogP contribution in [0.1, 0.15) is 21.5 Å². The van der Waals surface area contributed by atoms with Gasteiger partial charge in [0.15, 0.2) is 5.65 Å². The zero-order valence-corrected chi connectivity index (χ0v) is 17.2. The summed E-state index contributed by atoms with van der Waals surface area (Å²) in [5.41, 5.74) is 10.4. The number of benzene rings is 2. The predicted octanol–water partition coefficient (Wildman–Crippen LogP) is 2.89. The number of hydrogen-bond acceptors (Lipinski definition) is 6. The lowest BCUT2D eigenvalue weighted by atomic mass is 10.1. The fraction of sp³-hybridized carbons (Fsp3) is 0.167. The Kier molecular flexibility index (Phi) is 5.01. The number of nitrogens with zero attached hydrogens (tertiary/aromatic N) is 5. The number of anilines is 1. The molecule has 1 saturated heterocycles. The summed E-state index contributed by atoms with van der Waals surface area (Å²) in [6.07, 6.45) is 0.0178. The average molecular weight is 424 g/mol. The Balaban J connectivity index is 1.19. The minimum Gasteiger partial charge on any atom is -0.370 e. The normalized spacial score (nSPS) is 13.7. The first-order valence-corrected chi connectivity index (χ1v) is 10.2. The summed E-state index contributed by atoms with van der Waals surface area (Å²) >= 11 is 0. The van der Waals surface area contributed by atoms with Crippen LogP contribution in [0.2, 0.25) is 0 Å². The molecule has 158 valence electrons. The second kappa shape index (κ2) is 8.13. The molecule has 0 radical (unpaired) electrons. The van der Waals surface area contributed by atoms with Crippen LogP contribution in [-0.2, 0) is 11.3 Å². The van der Waals surface area contributed by atoms with Gasteiger partial charge in [-0.1, -0.05) is 30.3 Å². The van der Waals surface area contributed by atoms with Crippen LogP contribution in [-0.4, -0.2) is 44.6 Å². The van der Waals surface area contributed by atoms with Crippen molar-refractivity contribution in [2.75, 3.05) is 18.8 Å². The molecule has 2 N–H and O–H groups in total. The Morgan fingerprint density at radius 2 is 1.84 bits per heavy atom. The monoisotopic (exact) mass is 424 g/mol. The fourth-order valence-electron chi connectivity index (χ4n) is 3.71. The molecule has 2 aromatic heterocycles. The van der Waals surface area contributed by atoms with Gasteiger partial charge in [0.25, 0.3) is 5.91 Å². The number of pyridine rings is 1. The van der Waals surface area contributed by atoms with Gasteiger partial charge in [-0.15, -0.1) is 5.10 Å². The maximum Gasteiger partial charge on any atom is 0.254 e. The summed E-state index contributed by atoms with van der Waals surface area (Å²) in [6, 6.07) is 22.5. The quantitative estimate of drug-likeness (QED) is 0.528. The molecule has 1 fully saturated rings. The molecule has 1 amide bonds. The van der Waals surface area contributed by atoms with E-state index in [1.807, 2.05) is 54.6 Å². The van der Waals surface area contributed by atoms with E-state index >= 15 is 0 Å². The number of rotatable bonds is 5. The van der Waals surface area contributed by atoms with Crippen LogP contribution >= 0.6 is 0 Å². The molecule has 5 rings (SSSR count). The number of amides is 1. The van der Waals surface area contributed by atoms with E-state index in [4.69, 9.17) is 15.7 Å². The first-order chi connectivity index (χ1) is 15.6. The lowest BCUT2D eigenvalue weighted by Crippen LogP contribution is -2.54. The van der Waals surface area contributed by atoms with E-state index in [0.717, 1.165) is 16.8 Å². The van der Waals surface area contributed by atoms with Crippen LogP contribution < -0.4 is 5.73 Å². The van der Waals surface area contributed by atoms with Gasteiger partial charge >= 0.3 is 0 Å². The van der Waals surface area contributed by atoms with Crippen molar-refractivity contribution in [3.05, 3.63) is 83.4 Å². The number of nitrogen functional groups attached to an aromatic ring is 1. The van der Waals surface area contributed by atoms with E-state index < -0.39 is 0 Å². The Bertz CT molecular complexity index is 1320.